The van der Waals surface area contributed by atoms with Gasteiger partial charge in [0.05, 0.1) is 12.3 Å². The van der Waals surface area contributed by atoms with Gasteiger partial charge in [0.15, 0.2) is 11.5 Å². The van der Waals surface area contributed by atoms with E-state index in [1.54, 1.807) is 48.5 Å². The Balaban J connectivity index is 2.07. The highest BCUT2D eigenvalue weighted by molar-refractivity contribution is 6.39. The zero-order valence-corrected chi connectivity index (χ0v) is 17.6. The van der Waals surface area contributed by atoms with E-state index >= 15 is 0 Å². The van der Waals surface area contributed by atoms with Crippen molar-refractivity contribution >= 4 is 29.6 Å². The molecule has 1 fully saturated rings. The van der Waals surface area contributed by atoms with Gasteiger partial charge in [0.25, 0.3) is 11.8 Å². The van der Waals surface area contributed by atoms with Crippen molar-refractivity contribution in [2.75, 3.05) is 18.1 Å². The number of terminal acetylenes is 1. The number of hydrogen-bond donors (Lipinski definition) is 1. The number of carbonyl (C=O) groups excluding carboxylic acids is 3. The van der Waals surface area contributed by atoms with Crippen LogP contribution in [0.2, 0.25) is 0 Å². The summed E-state index contributed by atoms with van der Waals surface area (Å²) in [6, 6.07) is 11.0. The van der Waals surface area contributed by atoms with Gasteiger partial charge in [-0.2, -0.15) is 0 Å². The van der Waals surface area contributed by atoms with Crippen LogP contribution in [0.15, 0.2) is 60.7 Å². The molecule has 162 valence electrons. The highest BCUT2D eigenvalue weighted by Gasteiger charge is 2.36. The predicted molar refractivity (Wildman–Crippen MR) is 121 cm³/mol. The SMILES string of the molecule is C#CCOc1c(CC=C)cc(/C=C2\C(=O)NC(=O)N(c3ccccc3)C2=O)cc1OCC. The van der Waals surface area contributed by atoms with Crippen molar-refractivity contribution in [3.63, 3.8) is 0 Å². The van der Waals surface area contributed by atoms with Crippen LogP contribution in [0.5, 0.6) is 11.5 Å². The zero-order chi connectivity index (χ0) is 23.1. The first kappa shape index (κ1) is 22.4. The van der Waals surface area contributed by atoms with E-state index in [9.17, 15) is 14.4 Å². The highest BCUT2D eigenvalue weighted by Crippen LogP contribution is 2.35. The first-order valence-corrected chi connectivity index (χ1v) is 9.93. The predicted octanol–water partition coefficient (Wildman–Crippen LogP) is 3.49. The van der Waals surface area contributed by atoms with Crippen molar-refractivity contribution < 1.29 is 23.9 Å². The minimum atomic E-state index is -0.802. The summed E-state index contributed by atoms with van der Waals surface area (Å²) in [6.45, 7) is 6.01. The van der Waals surface area contributed by atoms with Crippen molar-refractivity contribution in [1.29, 1.82) is 0 Å². The number of ether oxygens (including phenoxy) is 2. The second-order valence-corrected chi connectivity index (χ2v) is 6.72. The summed E-state index contributed by atoms with van der Waals surface area (Å²) in [6.07, 6.45) is 8.88. The second-order valence-electron chi connectivity index (χ2n) is 6.72. The molecule has 0 bridgehead atoms. The van der Waals surface area contributed by atoms with Crippen molar-refractivity contribution in [2.24, 2.45) is 0 Å². The number of barbiturate groups is 1. The third kappa shape index (κ3) is 4.71. The zero-order valence-electron chi connectivity index (χ0n) is 17.6. The fraction of sp³-hybridized carbons (Fsp3) is 0.160. The number of carbonyl (C=O) groups is 3. The van der Waals surface area contributed by atoms with Gasteiger partial charge >= 0.3 is 6.03 Å². The number of nitrogens with one attached hydrogen (secondary N) is 1. The molecule has 2 aromatic rings. The number of hydrogen-bond acceptors (Lipinski definition) is 5. The third-order valence-electron chi connectivity index (χ3n) is 4.55. The van der Waals surface area contributed by atoms with Crippen LogP contribution in [0.4, 0.5) is 10.5 Å². The van der Waals surface area contributed by atoms with Crippen molar-refractivity contribution in [1.82, 2.24) is 5.32 Å². The quantitative estimate of drug-likeness (QED) is 0.300. The van der Waals surface area contributed by atoms with E-state index in [1.165, 1.54) is 6.08 Å². The van der Waals surface area contributed by atoms with E-state index in [-0.39, 0.29) is 12.2 Å². The summed E-state index contributed by atoms with van der Waals surface area (Å²) >= 11 is 0. The van der Waals surface area contributed by atoms with E-state index in [0.717, 1.165) is 10.5 Å². The average Bonchev–Trinajstić information content (AvgIpc) is 2.77. The second kappa shape index (κ2) is 10.1. The molecule has 0 atom stereocenters. The Morgan fingerprint density at radius 3 is 2.56 bits per heavy atom. The Labute approximate surface area is 186 Å². The molecule has 1 aliphatic heterocycles. The molecule has 4 amide bonds. The number of urea groups is 1. The summed E-state index contributed by atoms with van der Waals surface area (Å²) in [5, 5.41) is 2.21. The van der Waals surface area contributed by atoms with E-state index in [1.807, 2.05) is 6.92 Å². The maximum Gasteiger partial charge on any atom is 0.335 e. The molecule has 1 heterocycles. The number of rotatable bonds is 8. The van der Waals surface area contributed by atoms with Crippen LogP contribution in [0.1, 0.15) is 18.1 Å². The van der Waals surface area contributed by atoms with Crippen molar-refractivity contribution in [3.05, 3.63) is 71.8 Å². The normalized spacial score (nSPS) is 14.7. The lowest BCUT2D eigenvalue weighted by molar-refractivity contribution is -0.122. The number of amides is 4. The van der Waals surface area contributed by atoms with E-state index in [0.29, 0.717) is 35.8 Å². The van der Waals surface area contributed by atoms with Crippen molar-refractivity contribution in [2.45, 2.75) is 13.3 Å². The smallest absolute Gasteiger partial charge is 0.335 e. The number of allylic oxidation sites excluding steroid dienone is 1. The maximum atomic E-state index is 13.1. The van der Waals surface area contributed by atoms with Gasteiger partial charge < -0.3 is 9.47 Å². The largest absolute Gasteiger partial charge is 0.490 e. The van der Waals surface area contributed by atoms with Gasteiger partial charge in [-0.05, 0) is 49.2 Å². The Bertz CT molecular complexity index is 1130. The van der Waals surface area contributed by atoms with Crippen LogP contribution >= 0.6 is 0 Å². The lowest BCUT2D eigenvalue weighted by atomic mass is 10.0. The van der Waals surface area contributed by atoms with Gasteiger partial charge in [-0.25, -0.2) is 9.69 Å². The minimum absolute atomic E-state index is 0.0553. The number of benzene rings is 2. The molecule has 0 spiro atoms. The molecule has 0 saturated carbocycles. The topological polar surface area (TPSA) is 84.9 Å². The molecule has 7 heteroatoms. The summed E-state index contributed by atoms with van der Waals surface area (Å²) in [5.41, 5.74) is 1.43. The number of para-hydroxylation sites is 1. The first-order valence-electron chi connectivity index (χ1n) is 9.93. The molecular formula is C25H22N2O5. The summed E-state index contributed by atoms with van der Waals surface area (Å²) in [4.78, 5) is 38.8. The number of imide groups is 2. The van der Waals surface area contributed by atoms with Crippen LogP contribution in [-0.2, 0) is 16.0 Å². The number of anilines is 1. The Morgan fingerprint density at radius 2 is 1.91 bits per heavy atom. The van der Waals surface area contributed by atoms with Gasteiger partial charge in [0.1, 0.15) is 12.2 Å². The van der Waals surface area contributed by atoms with Crippen LogP contribution in [-0.4, -0.2) is 31.1 Å². The fourth-order valence-electron chi connectivity index (χ4n) is 3.25. The van der Waals surface area contributed by atoms with Gasteiger partial charge in [0, 0.05) is 5.56 Å². The molecular weight excluding hydrogens is 408 g/mol. The van der Waals surface area contributed by atoms with Crippen LogP contribution in [0.25, 0.3) is 6.08 Å². The van der Waals surface area contributed by atoms with Gasteiger partial charge in [-0.1, -0.05) is 30.2 Å². The van der Waals surface area contributed by atoms with Crippen LogP contribution < -0.4 is 19.7 Å². The van der Waals surface area contributed by atoms with Gasteiger partial charge in [-0.15, -0.1) is 13.0 Å². The summed E-state index contributed by atoms with van der Waals surface area (Å²) in [5.74, 6) is 1.83. The summed E-state index contributed by atoms with van der Waals surface area (Å²) < 4.78 is 11.4. The fourth-order valence-corrected chi connectivity index (χ4v) is 3.25. The third-order valence-corrected chi connectivity index (χ3v) is 4.55. The minimum Gasteiger partial charge on any atom is -0.490 e. The summed E-state index contributed by atoms with van der Waals surface area (Å²) in [7, 11) is 0. The molecule has 0 radical (unpaired) electrons. The van der Waals surface area contributed by atoms with E-state index < -0.39 is 17.8 Å². The molecule has 7 nitrogen and oxygen atoms in total. The van der Waals surface area contributed by atoms with Crippen molar-refractivity contribution in [3.8, 4) is 23.8 Å². The molecule has 1 aliphatic rings. The molecule has 32 heavy (non-hydrogen) atoms. The number of nitrogens with zero attached hydrogens (tertiary/aromatic N) is 1. The molecule has 0 aliphatic carbocycles. The molecule has 0 aromatic heterocycles. The molecule has 1 saturated heterocycles. The monoisotopic (exact) mass is 430 g/mol. The molecule has 1 N–H and O–H groups in total. The lowest BCUT2D eigenvalue weighted by Crippen LogP contribution is -2.54. The average molecular weight is 430 g/mol. The maximum absolute atomic E-state index is 13.1. The van der Waals surface area contributed by atoms with Crippen LogP contribution in [0, 0.1) is 12.3 Å². The standard InChI is InChI=1S/C25H22N2O5/c1-4-10-18-14-17(16-21(31-6-3)22(18)32-13-5-2)15-20-23(28)26-25(30)27(24(20)29)19-11-8-7-9-12-19/h2,4,7-9,11-12,14-16H,1,6,10,13H2,3H3,(H,26,28,30)/b20-15+. The Kier molecular flexibility index (Phi) is 7.09. The van der Waals surface area contributed by atoms with Crippen LogP contribution in [0.3, 0.4) is 0 Å². The Morgan fingerprint density at radius 1 is 1.16 bits per heavy atom. The van der Waals surface area contributed by atoms with Gasteiger partial charge in [0.2, 0.25) is 0 Å². The van der Waals surface area contributed by atoms with E-state index in [4.69, 9.17) is 15.9 Å². The molecule has 3 rings (SSSR count). The molecule has 0 unspecified atom stereocenters. The Hall–Kier alpha value is -4.31. The van der Waals surface area contributed by atoms with Gasteiger partial charge in [-0.3, -0.25) is 14.9 Å². The van der Waals surface area contributed by atoms with E-state index in [2.05, 4.69) is 17.8 Å². The first-order chi connectivity index (χ1) is 15.5. The highest BCUT2D eigenvalue weighted by atomic mass is 16.5. The lowest BCUT2D eigenvalue weighted by Gasteiger charge is -2.26. The molecule has 2 aromatic carbocycles.